The third kappa shape index (κ3) is 3.77. The first-order chi connectivity index (χ1) is 10.5. The van der Waals surface area contributed by atoms with Crippen molar-refractivity contribution in [2.75, 3.05) is 6.54 Å². The van der Waals surface area contributed by atoms with Gasteiger partial charge in [-0.1, -0.05) is 37.3 Å². The van der Waals surface area contributed by atoms with E-state index in [0.717, 1.165) is 11.1 Å². The summed E-state index contributed by atoms with van der Waals surface area (Å²) in [5.74, 6) is -1.36. The van der Waals surface area contributed by atoms with E-state index in [0.29, 0.717) is 5.57 Å². The average molecular weight is 306 g/mol. The molecule has 0 amide bonds. The molecule has 116 valence electrons. The molecule has 2 nitrogen and oxygen atoms in total. The molecule has 0 saturated carbocycles. The van der Waals surface area contributed by atoms with Crippen molar-refractivity contribution in [2.24, 2.45) is 5.92 Å². The quantitative estimate of drug-likeness (QED) is 0.853. The number of allylic oxidation sites excluding steroid dienone is 7. The van der Waals surface area contributed by atoms with Crippen LogP contribution in [0.25, 0.3) is 0 Å². The largest absolute Gasteiger partial charge is 0.393 e. The molecule has 2 aliphatic carbocycles. The van der Waals surface area contributed by atoms with Crippen LogP contribution in [0.5, 0.6) is 0 Å². The van der Waals surface area contributed by atoms with Crippen molar-refractivity contribution in [2.45, 2.75) is 25.6 Å². The Balaban J connectivity index is 2.13. The molecular formula is C17H17F3N2. The fourth-order valence-corrected chi connectivity index (χ4v) is 2.43. The number of alkyl halides is 3. The van der Waals surface area contributed by atoms with Crippen LogP contribution in [0.15, 0.2) is 59.3 Å². The lowest BCUT2D eigenvalue weighted by molar-refractivity contribution is -0.174. The molecule has 22 heavy (non-hydrogen) atoms. The first-order valence-electron chi connectivity index (χ1n) is 7.14. The number of nitriles is 1. The summed E-state index contributed by atoms with van der Waals surface area (Å²) in [6.45, 7) is 1.41. The van der Waals surface area contributed by atoms with Gasteiger partial charge in [0.05, 0.1) is 23.6 Å². The van der Waals surface area contributed by atoms with E-state index in [1.807, 2.05) is 24.3 Å². The van der Waals surface area contributed by atoms with Crippen LogP contribution in [0, 0.1) is 17.2 Å². The summed E-state index contributed by atoms with van der Waals surface area (Å²) >= 11 is 0. The van der Waals surface area contributed by atoms with Crippen molar-refractivity contribution in [3.63, 3.8) is 0 Å². The van der Waals surface area contributed by atoms with Gasteiger partial charge in [0.1, 0.15) is 0 Å². The number of nitrogens with one attached hydrogen (secondary N) is 1. The number of hydrogen-bond acceptors (Lipinski definition) is 2. The van der Waals surface area contributed by atoms with Crippen molar-refractivity contribution in [3.05, 3.63) is 59.3 Å². The number of halogens is 3. The van der Waals surface area contributed by atoms with Crippen LogP contribution < -0.4 is 5.32 Å². The van der Waals surface area contributed by atoms with Crippen molar-refractivity contribution in [1.82, 2.24) is 5.32 Å². The minimum Gasteiger partial charge on any atom is -0.306 e. The van der Waals surface area contributed by atoms with Crippen molar-refractivity contribution in [3.8, 4) is 6.07 Å². The molecule has 1 N–H and O–H groups in total. The lowest BCUT2D eigenvalue weighted by atomic mass is 9.92. The molecule has 2 aliphatic rings. The van der Waals surface area contributed by atoms with Gasteiger partial charge < -0.3 is 5.32 Å². The van der Waals surface area contributed by atoms with E-state index < -0.39 is 12.1 Å². The normalized spacial score (nSPS) is 22.0. The van der Waals surface area contributed by atoms with Gasteiger partial charge in [0, 0.05) is 6.54 Å². The Hall–Kier alpha value is -2.06. The fourth-order valence-electron chi connectivity index (χ4n) is 2.43. The van der Waals surface area contributed by atoms with Crippen LogP contribution in [0.1, 0.15) is 13.3 Å². The molecule has 0 heterocycles. The zero-order chi connectivity index (χ0) is 16.2. The molecule has 0 radical (unpaired) electrons. The first kappa shape index (κ1) is 16.3. The highest BCUT2D eigenvalue weighted by Crippen LogP contribution is 2.29. The van der Waals surface area contributed by atoms with E-state index in [4.69, 9.17) is 5.26 Å². The molecule has 0 fully saturated rings. The summed E-state index contributed by atoms with van der Waals surface area (Å²) in [6.07, 6.45) is 8.39. The topological polar surface area (TPSA) is 35.8 Å². The Kier molecular flexibility index (Phi) is 5.04. The fraction of sp³-hybridized carbons (Fsp3) is 0.353. The average Bonchev–Trinajstić information content (AvgIpc) is 2.69. The second-order valence-electron chi connectivity index (χ2n) is 5.23. The Morgan fingerprint density at radius 2 is 2.05 bits per heavy atom. The van der Waals surface area contributed by atoms with Gasteiger partial charge in [0.25, 0.3) is 0 Å². The Bertz CT molecular complexity index is 613. The Labute approximate surface area is 128 Å². The van der Waals surface area contributed by atoms with Gasteiger partial charge in [-0.3, -0.25) is 0 Å². The Morgan fingerprint density at radius 1 is 1.27 bits per heavy atom. The maximum Gasteiger partial charge on any atom is 0.393 e. The van der Waals surface area contributed by atoms with E-state index in [1.165, 1.54) is 6.92 Å². The summed E-state index contributed by atoms with van der Waals surface area (Å²) in [6, 6.07) is 1.78. The third-order valence-electron chi connectivity index (χ3n) is 3.80. The lowest BCUT2D eigenvalue weighted by Gasteiger charge is -2.25. The van der Waals surface area contributed by atoms with Crippen molar-refractivity contribution in [1.29, 1.82) is 5.26 Å². The molecule has 2 atom stereocenters. The van der Waals surface area contributed by atoms with Gasteiger partial charge in [-0.15, -0.1) is 0 Å². The van der Waals surface area contributed by atoms with Crippen LogP contribution in [-0.2, 0) is 0 Å². The molecule has 0 aromatic heterocycles. The summed E-state index contributed by atoms with van der Waals surface area (Å²) in [4.78, 5) is 0. The zero-order valence-corrected chi connectivity index (χ0v) is 12.2. The lowest BCUT2D eigenvalue weighted by Crippen LogP contribution is -2.39. The van der Waals surface area contributed by atoms with Crippen LogP contribution in [0.2, 0.25) is 0 Å². The maximum atomic E-state index is 12.8. The minimum absolute atomic E-state index is 0.0487. The highest BCUT2D eigenvalue weighted by Gasteiger charge is 2.38. The van der Waals surface area contributed by atoms with Gasteiger partial charge in [-0.25, -0.2) is 0 Å². The smallest absolute Gasteiger partial charge is 0.306 e. The zero-order valence-electron chi connectivity index (χ0n) is 12.2. The van der Waals surface area contributed by atoms with Gasteiger partial charge in [-0.2, -0.15) is 18.4 Å². The van der Waals surface area contributed by atoms with E-state index in [-0.39, 0.29) is 19.0 Å². The van der Waals surface area contributed by atoms with Gasteiger partial charge in [-0.05, 0) is 29.7 Å². The molecule has 0 saturated heterocycles. The molecule has 2 unspecified atom stereocenters. The minimum atomic E-state index is -4.19. The van der Waals surface area contributed by atoms with Crippen molar-refractivity contribution < 1.29 is 13.2 Å². The van der Waals surface area contributed by atoms with Crippen LogP contribution >= 0.6 is 0 Å². The first-order valence-corrected chi connectivity index (χ1v) is 7.14. The van der Waals surface area contributed by atoms with Crippen molar-refractivity contribution >= 4 is 0 Å². The highest BCUT2D eigenvalue weighted by atomic mass is 19.4. The second-order valence-corrected chi connectivity index (χ2v) is 5.23. The van der Waals surface area contributed by atoms with Crippen LogP contribution in [-0.4, -0.2) is 18.8 Å². The number of hydrogen-bond donors (Lipinski definition) is 1. The van der Waals surface area contributed by atoms with E-state index in [1.54, 1.807) is 18.2 Å². The Morgan fingerprint density at radius 3 is 2.68 bits per heavy atom. The predicted molar refractivity (Wildman–Crippen MR) is 79.8 cm³/mol. The van der Waals surface area contributed by atoms with Crippen LogP contribution in [0.4, 0.5) is 13.2 Å². The van der Waals surface area contributed by atoms with E-state index in [9.17, 15) is 13.2 Å². The van der Waals surface area contributed by atoms with E-state index >= 15 is 0 Å². The molecular weight excluding hydrogens is 289 g/mol. The SMILES string of the molecule is CCC(CNC1C=CC=C2C=CC(C#N)=CC=C21)C(F)(F)F. The molecule has 0 aromatic rings. The number of rotatable bonds is 4. The molecule has 0 aliphatic heterocycles. The molecule has 0 spiro atoms. The molecule has 0 aromatic carbocycles. The van der Waals surface area contributed by atoms with E-state index in [2.05, 4.69) is 11.4 Å². The number of fused-ring (bicyclic) bond motifs is 1. The van der Waals surface area contributed by atoms with Gasteiger partial charge >= 0.3 is 6.18 Å². The molecule has 0 bridgehead atoms. The highest BCUT2D eigenvalue weighted by molar-refractivity contribution is 5.56. The monoisotopic (exact) mass is 306 g/mol. The summed E-state index contributed by atoms with van der Waals surface area (Å²) in [5, 5.41) is 11.9. The van der Waals surface area contributed by atoms with Gasteiger partial charge in [0.15, 0.2) is 0 Å². The third-order valence-corrected chi connectivity index (χ3v) is 3.80. The summed E-state index contributed by atoms with van der Waals surface area (Å²) in [5.41, 5.74) is 2.30. The van der Waals surface area contributed by atoms with Crippen LogP contribution in [0.3, 0.4) is 0 Å². The standard InChI is InChI=1S/C17H17F3N2/c1-2-14(17(18,19)20)11-22-16-5-3-4-13-8-6-12(10-21)7-9-15(13)16/h3-9,14,16,22H,2,11H2,1H3. The molecule has 5 heteroatoms. The predicted octanol–water partition coefficient (Wildman–Crippen LogP) is 3.98. The molecule has 2 rings (SSSR count). The van der Waals surface area contributed by atoms with Gasteiger partial charge in [0.2, 0.25) is 0 Å². The maximum absolute atomic E-state index is 12.8. The summed E-state index contributed by atoms with van der Waals surface area (Å²) in [7, 11) is 0. The summed E-state index contributed by atoms with van der Waals surface area (Å²) < 4.78 is 38.5. The second kappa shape index (κ2) is 6.80. The number of nitrogens with zero attached hydrogens (tertiary/aromatic N) is 1.